The lowest BCUT2D eigenvalue weighted by Crippen LogP contribution is -3.12. The number of thiophene rings is 1. The fourth-order valence-corrected chi connectivity index (χ4v) is 4.90. The van der Waals surface area contributed by atoms with E-state index >= 15 is 0 Å². The highest BCUT2D eigenvalue weighted by molar-refractivity contribution is 7.18. The molecule has 24 heavy (non-hydrogen) atoms. The lowest BCUT2D eigenvalue weighted by molar-refractivity contribution is -0.883. The molecule has 0 atom stereocenters. The zero-order chi connectivity index (χ0) is 16.7. The van der Waals surface area contributed by atoms with Gasteiger partial charge in [0.2, 0.25) is 5.91 Å². The fraction of sp³-hybridized carbons (Fsp3) is 0.588. The van der Waals surface area contributed by atoms with Crippen LogP contribution >= 0.6 is 11.3 Å². The smallest absolute Gasteiger partial charge is 0.262 e. The molecule has 4 rings (SSSR count). The van der Waals surface area contributed by atoms with Crippen LogP contribution in [0, 0.1) is 0 Å². The highest BCUT2D eigenvalue weighted by Crippen LogP contribution is 2.33. The summed E-state index contributed by atoms with van der Waals surface area (Å²) in [7, 11) is 2.14. The van der Waals surface area contributed by atoms with Crippen LogP contribution in [0.5, 0.6) is 0 Å². The number of hydrogen-bond acceptors (Lipinski definition) is 4. The fourth-order valence-electron chi connectivity index (χ4n) is 3.68. The van der Waals surface area contributed by atoms with Gasteiger partial charge >= 0.3 is 0 Å². The van der Waals surface area contributed by atoms with E-state index in [1.54, 1.807) is 17.7 Å². The van der Waals surface area contributed by atoms with Gasteiger partial charge in [-0.25, -0.2) is 4.98 Å². The van der Waals surface area contributed by atoms with E-state index in [4.69, 9.17) is 0 Å². The van der Waals surface area contributed by atoms with E-state index in [0.717, 1.165) is 55.7 Å². The molecule has 128 valence electrons. The number of nitrogens with zero attached hydrogens (tertiary/aromatic N) is 3. The summed E-state index contributed by atoms with van der Waals surface area (Å²) in [4.78, 5) is 35.3. The Kier molecular flexibility index (Phi) is 4.14. The second-order valence-corrected chi connectivity index (χ2v) is 7.99. The minimum absolute atomic E-state index is 0.0230. The molecular formula is C17H23N4O2S+. The van der Waals surface area contributed by atoms with E-state index in [1.807, 2.05) is 4.90 Å². The highest BCUT2D eigenvalue weighted by atomic mass is 32.1. The molecule has 1 N–H and O–H groups in total. The number of aryl methyl sites for hydroxylation is 2. The molecule has 1 fully saturated rings. The van der Waals surface area contributed by atoms with Crippen molar-refractivity contribution in [2.45, 2.75) is 32.2 Å². The molecule has 2 aromatic heterocycles. The Hall–Kier alpha value is -1.73. The summed E-state index contributed by atoms with van der Waals surface area (Å²) in [5.41, 5.74) is 1.14. The predicted molar refractivity (Wildman–Crippen MR) is 93.7 cm³/mol. The summed E-state index contributed by atoms with van der Waals surface area (Å²) in [6.45, 7) is 3.57. The summed E-state index contributed by atoms with van der Waals surface area (Å²) in [6.07, 6.45) is 5.89. The third-order valence-electron chi connectivity index (χ3n) is 5.22. The molecule has 6 nitrogen and oxygen atoms in total. The first-order valence-corrected chi connectivity index (χ1v) is 9.54. The van der Waals surface area contributed by atoms with Gasteiger partial charge in [-0.3, -0.25) is 14.2 Å². The Balaban J connectivity index is 1.62. The summed E-state index contributed by atoms with van der Waals surface area (Å²) < 4.78 is 1.50. The van der Waals surface area contributed by atoms with Crippen molar-refractivity contribution in [1.82, 2.24) is 14.5 Å². The number of aromatic nitrogens is 2. The molecule has 0 spiro atoms. The Bertz CT molecular complexity index is 833. The summed E-state index contributed by atoms with van der Waals surface area (Å²) in [5, 5.41) is 0.757. The molecule has 2 aromatic rings. The topological polar surface area (TPSA) is 59.6 Å². The van der Waals surface area contributed by atoms with E-state index in [-0.39, 0.29) is 18.0 Å². The van der Waals surface area contributed by atoms with Gasteiger partial charge < -0.3 is 9.80 Å². The number of fused-ring (bicyclic) bond motifs is 3. The van der Waals surface area contributed by atoms with Crippen LogP contribution in [0.25, 0.3) is 10.2 Å². The first-order chi connectivity index (χ1) is 11.6. The quantitative estimate of drug-likeness (QED) is 0.811. The minimum Gasteiger partial charge on any atom is -0.334 e. The maximum Gasteiger partial charge on any atom is 0.262 e. The maximum atomic E-state index is 12.9. The van der Waals surface area contributed by atoms with Crippen LogP contribution in [-0.4, -0.2) is 53.6 Å². The number of likely N-dealkylation sites (N-methyl/N-ethyl adjacent to an activating group) is 1. The van der Waals surface area contributed by atoms with Gasteiger partial charge in [-0.15, -0.1) is 11.3 Å². The van der Waals surface area contributed by atoms with Crippen LogP contribution in [0.3, 0.4) is 0 Å². The van der Waals surface area contributed by atoms with Gasteiger partial charge in [-0.05, 0) is 31.2 Å². The number of nitrogens with one attached hydrogen (secondary N) is 1. The number of piperazine rings is 1. The van der Waals surface area contributed by atoms with Crippen molar-refractivity contribution in [1.29, 1.82) is 0 Å². The second-order valence-electron chi connectivity index (χ2n) is 6.91. The Morgan fingerprint density at radius 1 is 1.29 bits per heavy atom. The van der Waals surface area contributed by atoms with Crippen molar-refractivity contribution < 1.29 is 9.69 Å². The van der Waals surface area contributed by atoms with Crippen LogP contribution < -0.4 is 10.5 Å². The maximum absolute atomic E-state index is 12.9. The molecule has 0 saturated carbocycles. The molecule has 2 aliphatic rings. The second kappa shape index (κ2) is 6.29. The predicted octanol–water partition coefficient (Wildman–Crippen LogP) is -0.306. The molecular weight excluding hydrogens is 324 g/mol. The lowest BCUT2D eigenvalue weighted by Gasteiger charge is -2.30. The van der Waals surface area contributed by atoms with Gasteiger partial charge in [-0.1, -0.05) is 0 Å². The summed E-state index contributed by atoms with van der Waals surface area (Å²) in [5.74, 6) is 0.0230. The largest absolute Gasteiger partial charge is 0.334 e. The molecule has 1 amide bonds. The van der Waals surface area contributed by atoms with E-state index in [2.05, 4.69) is 12.0 Å². The van der Waals surface area contributed by atoms with Crippen LogP contribution in [-0.2, 0) is 24.2 Å². The Morgan fingerprint density at radius 3 is 2.83 bits per heavy atom. The van der Waals surface area contributed by atoms with Crippen LogP contribution in [0.4, 0.5) is 0 Å². The number of rotatable bonds is 2. The van der Waals surface area contributed by atoms with Crippen LogP contribution in [0.2, 0.25) is 0 Å². The number of carbonyl (C=O) groups is 1. The zero-order valence-corrected chi connectivity index (χ0v) is 14.8. The van der Waals surface area contributed by atoms with Crippen LogP contribution in [0.1, 0.15) is 23.3 Å². The zero-order valence-electron chi connectivity index (χ0n) is 14.0. The van der Waals surface area contributed by atoms with E-state index in [0.29, 0.717) is 0 Å². The first kappa shape index (κ1) is 15.8. The van der Waals surface area contributed by atoms with Gasteiger partial charge in [0.1, 0.15) is 11.4 Å². The molecule has 0 unspecified atom stereocenters. The number of carbonyl (C=O) groups excluding carboxylic acids is 1. The molecule has 3 heterocycles. The van der Waals surface area contributed by atoms with Gasteiger partial charge in [0.15, 0.2) is 0 Å². The molecule has 0 aromatic carbocycles. The molecule has 7 heteroatoms. The molecule has 0 radical (unpaired) electrons. The van der Waals surface area contributed by atoms with Crippen molar-refractivity contribution in [2.75, 3.05) is 33.2 Å². The Morgan fingerprint density at radius 2 is 2.04 bits per heavy atom. The summed E-state index contributed by atoms with van der Waals surface area (Å²) in [6, 6.07) is 0. The van der Waals surface area contributed by atoms with Gasteiger partial charge in [0, 0.05) is 4.88 Å². The molecule has 1 aliphatic heterocycles. The third-order valence-corrected chi connectivity index (χ3v) is 6.42. The number of quaternary nitrogens is 1. The molecule has 1 saturated heterocycles. The number of amides is 1. The van der Waals surface area contributed by atoms with Crippen molar-refractivity contribution in [2.24, 2.45) is 0 Å². The van der Waals surface area contributed by atoms with E-state index < -0.39 is 0 Å². The minimum atomic E-state index is -0.0486. The van der Waals surface area contributed by atoms with Gasteiger partial charge in [-0.2, -0.15) is 0 Å². The van der Waals surface area contributed by atoms with Gasteiger partial charge in [0.05, 0.1) is 44.9 Å². The molecule has 0 bridgehead atoms. The summed E-state index contributed by atoms with van der Waals surface area (Å²) >= 11 is 1.65. The normalized spacial score (nSPS) is 18.8. The van der Waals surface area contributed by atoms with Crippen molar-refractivity contribution in [3.63, 3.8) is 0 Å². The lowest BCUT2D eigenvalue weighted by atomic mass is 9.97. The van der Waals surface area contributed by atoms with Crippen molar-refractivity contribution in [3.05, 3.63) is 27.1 Å². The molecule has 1 aliphatic carbocycles. The Labute approximate surface area is 144 Å². The van der Waals surface area contributed by atoms with E-state index in [1.165, 1.54) is 26.3 Å². The van der Waals surface area contributed by atoms with Crippen molar-refractivity contribution in [3.8, 4) is 0 Å². The average molecular weight is 347 g/mol. The third kappa shape index (κ3) is 2.75. The SMILES string of the molecule is C[NH+]1CCN(C(=O)Cn2cnc3sc4c(c3c2=O)CCCC4)CC1. The van der Waals surface area contributed by atoms with Crippen LogP contribution in [0.15, 0.2) is 11.1 Å². The monoisotopic (exact) mass is 347 g/mol. The highest BCUT2D eigenvalue weighted by Gasteiger charge is 2.23. The van der Waals surface area contributed by atoms with Gasteiger partial charge in [0.25, 0.3) is 5.56 Å². The number of hydrogen-bond donors (Lipinski definition) is 1. The van der Waals surface area contributed by atoms with E-state index in [9.17, 15) is 9.59 Å². The van der Waals surface area contributed by atoms with Crippen molar-refractivity contribution >= 4 is 27.5 Å². The average Bonchev–Trinajstić information content (AvgIpc) is 2.97. The standard InChI is InChI=1S/C17H22N4O2S/c1-19-6-8-20(9-7-19)14(22)10-21-11-18-16-15(17(21)23)12-4-2-3-5-13(12)24-16/h11H,2-10H2,1H3/p+1. The first-order valence-electron chi connectivity index (χ1n) is 8.72.